The number of hydrogen-bond donors (Lipinski definition) is 1. The molecule has 2 aromatic rings. The Labute approximate surface area is 116 Å². The number of pyridine rings is 1. The van der Waals surface area contributed by atoms with Crippen molar-refractivity contribution in [1.29, 1.82) is 0 Å². The second-order valence-corrected chi connectivity index (χ2v) is 4.30. The van der Waals surface area contributed by atoms with Crippen LogP contribution in [0.15, 0.2) is 42.7 Å². The predicted molar refractivity (Wildman–Crippen MR) is 73.4 cm³/mol. The molecule has 5 heteroatoms. The Bertz CT molecular complexity index is 587. The van der Waals surface area contributed by atoms with E-state index in [9.17, 15) is 4.79 Å². The molecule has 0 aliphatic rings. The van der Waals surface area contributed by atoms with Crippen molar-refractivity contribution in [2.24, 2.45) is 0 Å². The number of rotatable bonds is 4. The SMILES string of the molecule is COc1cccc(CNC(=O)c2cnccc2Cl)c1. The summed E-state index contributed by atoms with van der Waals surface area (Å²) in [5, 5.41) is 3.18. The predicted octanol–water partition coefficient (Wildman–Crippen LogP) is 2.67. The maximum absolute atomic E-state index is 11.9. The maximum atomic E-state index is 11.9. The summed E-state index contributed by atoms with van der Waals surface area (Å²) in [6, 6.07) is 9.08. The second-order valence-electron chi connectivity index (χ2n) is 3.89. The molecule has 1 N–H and O–H groups in total. The third-order valence-corrected chi connectivity index (χ3v) is 2.93. The fourth-order valence-corrected chi connectivity index (χ4v) is 1.80. The summed E-state index contributed by atoms with van der Waals surface area (Å²) in [5.74, 6) is 0.507. The number of carbonyl (C=O) groups is 1. The highest BCUT2D eigenvalue weighted by molar-refractivity contribution is 6.33. The Balaban J connectivity index is 2.02. The van der Waals surface area contributed by atoms with E-state index in [-0.39, 0.29) is 5.91 Å². The highest BCUT2D eigenvalue weighted by Gasteiger charge is 2.09. The fraction of sp³-hybridized carbons (Fsp3) is 0.143. The number of ether oxygens (including phenoxy) is 1. The first-order chi connectivity index (χ1) is 9.20. The summed E-state index contributed by atoms with van der Waals surface area (Å²) >= 11 is 5.93. The van der Waals surface area contributed by atoms with Gasteiger partial charge in [0.2, 0.25) is 0 Å². The van der Waals surface area contributed by atoms with E-state index in [1.165, 1.54) is 6.20 Å². The van der Waals surface area contributed by atoms with Crippen LogP contribution in [-0.2, 0) is 6.54 Å². The van der Waals surface area contributed by atoms with Gasteiger partial charge < -0.3 is 10.1 Å². The van der Waals surface area contributed by atoms with Crippen LogP contribution in [0.5, 0.6) is 5.75 Å². The van der Waals surface area contributed by atoms with Gasteiger partial charge in [-0.1, -0.05) is 23.7 Å². The molecule has 4 nitrogen and oxygen atoms in total. The molecule has 1 amide bonds. The molecule has 19 heavy (non-hydrogen) atoms. The third-order valence-electron chi connectivity index (χ3n) is 2.60. The first-order valence-electron chi connectivity index (χ1n) is 5.71. The van der Waals surface area contributed by atoms with Gasteiger partial charge in [0, 0.05) is 18.9 Å². The molecule has 0 aliphatic heterocycles. The summed E-state index contributed by atoms with van der Waals surface area (Å²) in [4.78, 5) is 15.8. The van der Waals surface area contributed by atoms with Gasteiger partial charge in [-0.15, -0.1) is 0 Å². The molecule has 0 spiro atoms. The summed E-state index contributed by atoms with van der Waals surface area (Å²) in [7, 11) is 1.60. The largest absolute Gasteiger partial charge is 0.497 e. The average molecular weight is 277 g/mol. The zero-order chi connectivity index (χ0) is 13.7. The van der Waals surface area contributed by atoms with Gasteiger partial charge in [0.1, 0.15) is 5.75 Å². The average Bonchev–Trinajstić information content (AvgIpc) is 2.45. The smallest absolute Gasteiger partial charge is 0.254 e. The van der Waals surface area contributed by atoms with Crippen molar-refractivity contribution in [1.82, 2.24) is 10.3 Å². The minimum absolute atomic E-state index is 0.249. The standard InChI is InChI=1S/C14H13ClN2O2/c1-19-11-4-2-3-10(7-11)8-17-14(18)12-9-16-6-5-13(12)15/h2-7,9H,8H2,1H3,(H,17,18). The Kier molecular flexibility index (Phi) is 4.36. The van der Waals surface area contributed by atoms with Crippen molar-refractivity contribution in [3.8, 4) is 5.75 Å². The number of benzene rings is 1. The van der Waals surface area contributed by atoms with Crippen LogP contribution in [0.25, 0.3) is 0 Å². The number of methoxy groups -OCH3 is 1. The third kappa shape index (κ3) is 3.45. The van der Waals surface area contributed by atoms with Crippen molar-refractivity contribution < 1.29 is 9.53 Å². The molecule has 0 bridgehead atoms. The Morgan fingerprint density at radius 1 is 1.42 bits per heavy atom. The van der Waals surface area contributed by atoms with E-state index in [1.807, 2.05) is 24.3 Å². The topological polar surface area (TPSA) is 51.2 Å². The normalized spacial score (nSPS) is 10.0. The number of aromatic nitrogens is 1. The number of nitrogens with zero attached hydrogens (tertiary/aromatic N) is 1. The molecule has 0 radical (unpaired) electrons. The number of halogens is 1. The van der Waals surface area contributed by atoms with E-state index in [2.05, 4.69) is 10.3 Å². The molecule has 1 aromatic heterocycles. The van der Waals surface area contributed by atoms with Crippen molar-refractivity contribution in [2.75, 3.05) is 7.11 Å². The molecule has 1 aromatic carbocycles. The van der Waals surface area contributed by atoms with Gasteiger partial charge in [0.15, 0.2) is 0 Å². The lowest BCUT2D eigenvalue weighted by atomic mass is 10.2. The van der Waals surface area contributed by atoms with E-state index in [4.69, 9.17) is 16.3 Å². The monoisotopic (exact) mass is 276 g/mol. The Morgan fingerprint density at radius 2 is 2.26 bits per heavy atom. The minimum Gasteiger partial charge on any atom is -0.497 e. The molecule has 2 rings (SSSR count). The molecule has 0 unspecified atom stereocenters. The van der Waals surface area contributed by atoms with Gasteiger partial charge >= 0.3 is 0 Å². The summed E-state index contributed by atoms with van der Waals surface area (Å²) in [6.07, 6.45) is 2.99. The van der Waals surface area contributed by atoms with Crippen molar-refractivity contribution in [3.63, 3.8) is 0 Å². The van der Waals surface area contributed by atoms with E-state index in [0.717, 1.165) is 11.3 Å². The van der Waals surface area contributed by atoms with E-state index in [1.54, 1.807) is 19.4 Å². The van der Waals surface area contributed by atoms with Gasteiger partial charge in [-0.25, -0.2) is 0 Å². The maximum Gasteiger partial charge on any atom is 0.254 e. The van der Waals surface area contributed by atoms with Crippen LogP contribution in [-0.4, -0.2) is 18.0 Å². The van der Waals surface area contributed by atoms with Gasteiger partial charge in [0.25, 0.3) is 5.91 Å². The Morgan fingerprint density at radius 3 is 3.00 bits per heavy atom. The van der Waals surface area contributed by atoms with Gasteiger partial charge in [-0.2, -0.15) is 0 Å². The lowest BCUT2D eigenvalue weighted by Gasteiger charge is -2.07. The van der Waals surface area contributed by atoms with Crippen LogP contribution < -0.4 is 10.1 Å². The van der Waals surface area contributed by atoms with Crippen LogP contribution >= 0.6 is 11.6 Å². The second kappa shape index (κ2) is 6.20. The molecule has 0 fully saturated rings. The zero-order valence-electron chi connectivity index (χ0n) is 10.4. The highest BCUT2D eigenvalue weighted by Crippen LogP contribution is 2.14. The minimum atomic E-state index is -0.249. The first-order valence-corrected chi connectivity index (χ1v) is 6.09. The van der Waals surface area contributed by atoms with Crippen LogP contribution in [0.1, 0.15) is 15.9 Å². The van der Waals surface area contributed by atoms with Crippen LogP contribution in [0, 0.1) is 0 Å². The lowest BCUT2D eigenvalue weighted by molar-refractivity contribution is 0.0950. The quantitative estimate of drug-likeness (QED) is 0.934. The lowest BCUT2D eigenvalue weighted by Crippen LogP contribution is -2.23. The van der Waals surface area contributed by atoms with Gasteiger partial charge in [-0.05, 0) is 23.8 Å². The van der Waals surface area contributed by atoms with Gasteiger partial charge in [-0.3, -0.25) is 9.78 Å². The number of nitrogens with one attached hydrogen (secondary N) is 1. The zero-order valence-corrected chi connectivity index (χ0v) is 11.1. The summed E-state index contributed by atoms with van der Waals surface area (Å²) in [5.41, 5.74) is 1.32. The summed E-state index contributed by atoms with van der Waals surface area (Å²) < 4.78 is 5.12. The molecule has 1 heterocycles. The summed E-state index contributed by atoms with van der Waals surface area (Å²) in [6.45, 7) is 0.404. The van der Waals surface area contributed by atoms with E-state index < -0.39 is 0 Å². The van der Waals surface area contributed by atoms with Crippen LogP contribution in [0.2, 0.25) is 5.02 Å². The number of carbonyl (C=O) groups excluding carboxylic acids is 1. The molecule has 0 aliphatic carbocycles. The Hall–Kier alpha value is -2.07. The van der Waals surface area contributed by atoms with Crippen molar-refractivity contribution >= 4 is 17.5 Å². The van der Waals surface area contributed by atoms with Crippen molar-refractivity contribution in [3.05, 3.63) is 58.9 Å². The van der Waals surface area contributed by atoms with Crippen LogP contribution in [0.3, 0.4) is 0 Å². The first kappa shape index (κ1) is 13.4. The fourth-order valence-electron chi connectivity index (χ4n) is 1.60. The highest BCUT2D eigenvalue weighted by atomic mass is 35.5. The molecular formula is C14H13ClN2O2. The molecule has 98 valence electrons. The molecule has 0 saturated heterocycles. The number of amides is 1. The van der Waals surface area contributed by atoms with Gasteiger partial charge in [0.05, 0.1) is 17.7 Å². The molecule has 0 saturated carbocycles. The molecule has 0 atom stereocenters. The number of hydrogen-bond acceptors (Lipinski definition) is 3. The van der Waals surface area contributed by atoms with E-state index >= 15 is 0 Å². The van der Waals surface area contributed by atoms with Crippen molar-refractivity contribution in [2.45, 2.75) is 6.54 Å². The molecular weight excluding hydrogens is 264 g/mol. The van der Waals surface area contributed by atoms with E-state index in [0.29, 0.717) is 17.1 Å². The van der Waals surface area contributed by atoms with Crippen LogP contribution in [0.4, 0.5) is 0 Å².